The fraction of sp³-hybridized carbons (Fsp3) is 0.348. The molecule has 0 saturated carbocycles. The highest BCUT2D eigenvalue weighted by molar-refractivity contribution is 5.97. The predicted octanol–water partition coefficient (Wildman–Crippen LogP) is 4.32. The minimum atomic E-state index is -1.03. The number of amides is 1. The Labute approximate surface area is 176 Å². The van der Waals surface area contributed by atoms with E-state index in [9.17, 15) is 9.59 Å². The molecule has 0 bridgehead atoms. The zero-order valence-corrected chi connectivity index (χ0v) is 17.4. The van der Waals surface area contributed by atoms with Crippen LogP contribution in [0.25, 0.3) is 0 Å². The van der Waals surface area contributed by atoms with Gasteiger partial charge in [0.2, 0.25) is 0 Å². The molecule has 158 valence electrons. The van der Waals surface area contributed by atoms with Crippen LogP contribution in [0.5, 0.6) is 11.5 Å². The first-order valence-corrected chi connectivity index (χ1v) is 9.90. The molecule has 0 aromatic heterocycles. The number of carbonyl (C=O) groups excluding carboxylic acids is 2. The van der Waals surface area contributed by atoms with Gasteiger partial charge < -0.3 is 19.5 Å². The van der Waals surface area contributed by atoms with Crippen molar-refractivity contribution in [3.63, 3.8) is 0 Å². The van der Waals surface area contributed by atoms with Gasteiger partial charge in [-0.25, -0.2) is 4.79 Å². The lowest BCUT2D eigenvalue weighted by Gasteiger charge is -2.15. The van der Waals surface area contributed by atoms with Gasteiger partial charge in [0, 0.05) is 5.69 Å². The number of hydrogen-bond acceptors (Lipinski definition) is 6. The molecule has 0 aliphatic carbocycles. The average Bonchev–Trinajstić information content (AvgIpc) is 2.75. The maximum Gasteiger partial charge on any atom is 0.339 e. The van der Waals surface area contributed by atoms with Crippen molar-refractivity contribution in [2.24, 2.45) is 0 Å². The first-order valence-electron chi connectivity index (χ1n) is 9.90. The second kappa shape index (κ2) is 11.5. The van der Waals surface area contributed by atoms with Crippen LogP contribution in [0.3, 0.4) is 0 Å². The van der Waals surface area contributed by atoms with Crippen LogP contribution in [0.15, 0.2) is 42.5 Å². The summed E-state index contributed by atoms with van der Waals surface area (Å²) in [5, 5.41) is 11.6. The topological polar surface area (TPSA) is 97.6 Å². The fourth-order valence-corrected chi connectivity index (χ4v) is 2.54. The van der Waals surface area contributed by atoms with Crippen molar-refractivity contribution in [3.05, 3.63) is 53.6 Å². The van der Waals surface area contributed by atoms with Crippen molar-refractivity contribution < 1.29 is 23.8 Å². The Bertz CT molecular complexity index is 920. The highest BCUT2D eigenvalue weighted by atomic mass is 16.5. The van der Waals surface area contributed by atoms with Crippen molar-refractivity contribution in [2.75, 3.05) is 18.5 Å². The van der Waals surface area contributed by atoms with Crippen molar-refractivity contribution in [1.29, 1.82) is 5.26 Å². The second-order valence-electron chi connectivity index (χ2n) is 6.53. The van der Waals surface area contributed by atoms with Crippen LogP contribution in [0, 0.1) is 11.3 Å². The van der Waals surface area contributed by atoms with Gasteiger partial charge in [0.1, 0.15) is 0 Å². The highest BCUT2D eigenvalue weighted by Crippen LogP contribution is 2.29. The van der Waals surface area contributed by atoms with Crippen LogP contribution in [-0.2, 0) is 9.53 Å². The number of nitriles is 1. The zero-order chi connectivity index (χ0) is 21.9. The smallest absolute Gasteiger partial charge is 0.339 e. The van der Waals surface area contributed by atoms with Crippen LogP contribution in [-0.4, -0.2) is 31.2 Å². The summed E-state index contributed by atoms with van der Waals surface area (Å²) in [7, 11) is 0. The SMILES string of the molecule is CCCCOc1ccc(C(=O)O[C@H](C)C(=O)Nc2cccc(C#N)c2)cc1OCC. The number of ether oxygens (including phenoxy) is 3. The summed E-state index contributed by atoms with van der Waals surface area (Å²) in [4.78, 5) is 24.8. The molecule has 7 nitrogen and oxygen atoms in total. The molecule has 2 aromatic rings. The van der Waals surface area contributed by atoms with Crippen molar-refractivity contribution in [3.8, 4) is 17.6 Å². The van der Waals surface area contributed by atoms with Crippen LogP contribution in [0.1, 0.15) is 49.5 Å². The summed E-state index contributed by atoms with van der Waals surface area (Å²) < 4.78 is 16.6. The molecule has 0 spiro atoms. The Morgan fingerprint density at radius 3 is 2.60 bits per heavy atom. The normalized spacial score (nSPS) is 11.1. The van der Waals surface area contributed by atoms with E-state index in [4.69, 9.17) is 19.5 Å². The van der Waals surface area contributed by atoms with Gasteiger partial charge in [-0.1, -0.05) is 19.4 Å². The molecule has 7 heteroatoms. The van der Waals surface area contributed by atoms with Crippen LogP contribution in [0.2, 0.25) is 0 Å². The number of nitrogens with zero attached hydrogens (tertiary/aromatic N) is 1. The lowest BCUT2D eigenvalue weighted by atomic mass is 10.2. The zero-order valence-electron chi connectivity index (χ0n) is 17.4. The maximum atomic E-state index is 12.5. The largest absolute Gasteiger partial charge is 0.490 e. The molecule has 0 fully saturated rings. The number of carbonyl (C=O) groups is 2. The van der Waals surface area contributed by atoms with E-state index in [-0.39, 0.29) is 5.56 Å². The predicted molar refractivity (Wildman–Crippen MR) is 113 cm³/mol. The number of hydrogen-bond donors (Lipinski definition) is 1. The molecule has 0 radical (unpaired) electrons. The molecular weight excluding hydrogens is 384 g/mol. The summed E-state index contributed by atoms with van der Waals surface area (Å²) >= 11 is 0. The molecule has 0 aliphatic heterocycles. The Morgan fingerprint density at radius 1 is 1.10 bits per heavy atom. The van der Waals surface area contributed by atoms with Crippen LogP contribution in [0.4, 0.5) is 5.69 Å². The van der Waals surface area contributed by atoms with Crippen molar-refractivity contribution in [2.45, 2.75) is 39.7 Å². The summed E-state index contributed by atoms with van der Waals surface area (Å²) in [6.45, 7) is 6.37. The van der Waals surface area contributed by atoms with Gasteiger partial charge in [-0.3, -0.25) is 4.79 Å². The monoisotopic (exact) mass is 410 g/mol. The van der Waals surface area contributed by atoms with Gasteiger partial charge in [-0.05, 0) is 56.7 Å². The molecule has 0 saturated heterocycles. The summed E-state index contributed by atoms with van der Waals surface area (Å²) in [5.41, 5.74) is 1.13. The average molecular weight is 410 g/mol. The summed E-state index contributed by atoms with van der Waals surface area (Å²) in [6, 6.07) is 13.3. The number of esters is 1. The molecule has 30 heavy (non-hydrogen) atoms. The molecular formula is C23H26N2O5. The number of nitrogens with one attached hydrogen (secondary N) is 1. The van der Waals surface area contributed by atoms with Gasteiger partial charge in [0.15, 0.2) is 17.6 Å². The molecule has 2 rings (SSSR count). The first-order chi connectivity index (χ1) is 14.5. The van der Waals surface area contributed by atoms with Gasteiger partial charge >= 0.3 is 5.97 Å². The third-order valence-electron chi connectivity index (χ3n) is 4.15. The van der Waals surface area contributed by atoms with Crippen molar-refractivity contribution in [1.82, 2.24) is 0 Å². The quantitative estimate of drug-likeness (QED) is 0.463. The van der Waals surface area contributed by atoms with E-state index in [2.05, 4.69) is 12.2 Å². The van der Waals surface area contributed by atoms with E-state index < -0.39 is 18.0 Å². The van der Waals surface area contributed by atoms with E-state index in [0.29, 0.717) is 36.0 Å². The Hall–Kier alpha value is -3.53. The highest BCUT2D eigenvalue weighted by Gasteiger charge is 2.20. The van der Waals surface area contributed by atoms with E-state index in [1.165, 1.54) is 13.0 Å². The third kappa shape index (κ3) is 6.52. The van der Waals surface area contributed by atoms with Crippen molar-refractivity contribution >= 4 is 17.6 Å². The minimum Gasteiger partial charge on any atom is -0.490 e. The molecule has 2 aromatic carbocycles. The number of rotatable bonds is 10. The number of unbranched alkanes of at least 4 members (excludes halogenated alkanes) is 1. The van der Waals surface area contributed by atoms with Gasteiger partial charge in [-0.2, -0.15) is 5.26 Å². The summed E-state index contributed by atoms with van der Waals surface area (Å²) in [5.74, 6) is -0.133. The fourth-order valence-electron chi connectivity index (χ4n) is 2.54. The van der Waals surface area contributed by atoms with E-state index in [1.807, 2.05) is 13.0 Å². The van der Waals surface area contributed by atoms with Crippen LogP contribution >= 0.6 is 0 Å². The Kier molecular flexibility index (Phi) is 8.70. The summed E-state index contributed by atoms with van der Waals surface area (Å²) in [6.07, 6.45) is 0.897. The Balaban J connectivity index is 2.03. The van der Waals surface area contributed by atoms with E-state index in [0.717, 1.165) is 12.8 Å². The third-order valence-corrected chi connectivity index (χ3v) is 4.15. The van der Waals surface area contributed by atoms with Gasteiger partial charge in [0.05, 0.1) is 30.4 Å². The van der Waals surface area contributed by atoms with Gasteiger partial charge in [0.25, 0.3) is 5.91 Å². The molecule has 1 atom stereocenters. The van der Waals surface area contributed by atoms with Crippen LogP contribution < -0.4 is 14.8 Å². The molecule has 0 heterocycles. The number of benzene rings is 2. The molecule has 1 amide bonds. The first kappa shape index (κ1) is 22.8. The lowest BCUT2D eigenvalue weighted by molar-refractivity contribution is -0.123. The van der Waals surface area contributed by atoms with E-state index in [1.54, 1.807) is 36.4 Å². The number of anilines is 1. The lowest BCUT2D eigenvalue weighted by Crippen LogP contribution is -2.30. The standard InChI is InChI=1S/C23H26N2O5/c1-4-6-12-29-20-11-10-18(14-21(20)28-5-2)23(27)30-16(3)22(26)25-19-9-7-8-17(13-19)15-24/h7-11,13-14,16H,4-6,12H2,1-3H3,(H,25,26)/t16-/m1/s1. The minimum absolute atomic E-state index is 0.257. The molecule has 0 unspecified atom stereocenters. The maximum absolute atomic E-state index is 12.5. The second-order valence-corrected chi connectivity index (χ2v) is 6.53. The Morgan fingerprint density at radius 2 is 1.90 bits per heavy atom. The molecule has 1 N–H and O–H groups in total. The molecule has 0 aliphatic rings. The van der Waals surface area contributed by atoms with E-state index >= 15 is 0 Å². The van der Waals surface area contributed by atoms with Gasteiger partial charge in [-0.15, -0.1) is 0 Å².